The maximum absolute atomic E-state index is 13.9. The van der Waals surface area contributed by atoms with Crippen molar-refractivity contribution in [3.8, 4) is 0 Å². The topological polar surface area (TPSA) is 57.7 Å². The monoisotopic (exact) mass is 456 g/mol. The summed E-state index contributed by atoms with van der Waals surface area (Å²) >= 11 is 0. The molecule has 5 nitrogen and oxygen atoms in total. The van der Waals surface area contributed by atoms with Crippen LogP contribution >= 0.6 is 0 Å². The Kier molecular flexibility index (Phi) is 5.78. The molecule has 0 radical (unpaired) electrons. The zero-order valence-corrected chi connectivity index (χ0v) is 15.6. The largest absolute Gasteiger partial charge is 0.336 e. The quantitative estimate of drug-likeness (QED) is 0.406. The lowest BCUT2D eigenvalue weighted by atomic mass is 10.1. The molecule has 1 aliphatic heterocycles. The fraction of sp³-hybridized carbons (Fsp3) is 0.235. The number of carbonyl (C=O) groups excluding carboxylic acids is 1. The smallest absolute Gasteiger partial charge is 0.257 e. The van der Waals surface area contributed by atoms with Crippen LogP contribution in [-0.2, 0) is 10.0 Å². The van der Waals surface area contributed by atoms with Gasteiger partial charge in [0.05, 0.1) is 5.56 Å². The predicted octanol–water partition coefficient (Wildman–Crippen LogP) is 2.81. The predicted molar refractivity (Wildman–Crippen MR) is 87.3 cm³/mol. The Morgan fingerprint density at radius 3 is 1.90 bits per heavy atom. The number of rotatable bonds is 3. The zero-order valence-electron chi connectivity index (χ0n) is 14.7. The first-order chi connectivity index (χ1) is 14.0. The molecule has 162 valence electrons. The van der Waals surface area contributed by atoms with E-state index < -0.39 is 93.3 Å². The molecule has 0 unspecified atom stereocenters. The van der Waals surface area contributed by atoms with Gasteiger partial charge in [0, 0.05) is 26.2 Å². The summed E-state index contributed by atoms with van der Waals surface area (Å²) in [4.78, 5) is 12.0. The van der Waals surface area contributed by atoms with Crippen LogP contribution in [0.4, 0.5) is 30.7 Å². The number of nitrogens with zero attached hydrogens (tertiary/aromatic N) is 2. The minimum absolute atomic E-state index is 0.176. The van der Waals surface area contributed by atoms with Crippen molar-refractivity contribution >= 4 is 15.9 Å². The molecule has 30 heavy (non-hydrogen) atoms. The van der Waals surface area contributed by atoms with Crippen molar-refractivity contribution in [1.29, 1.82) is 0 Å². The second-order valence-electron chi connectivity index (χ2n) is 6.22. The molecule has 0 bridgehead atoms. The van der Waals surface area contributed by atoms with Crippen molar-refractivity contribution in [2.45, 2.75) is 4.90 Å². The van der Waals surface area contributed by atoms with Gasteiger partial charge in [-0.15, -0.1) is 0 Å². The third-order valence-electron chi connectivity index (χ3n) is 4.48. The summed E-state index contributed by atoms with van der Waals surface area (Å²) in [7, 11) is -4.60. The lowest BCUT2D eigenvalue weighted by Gasteiger charge is -2.34. The first-order valence-electron chi connectivity index (χ1n) is 8.22. The Morgan fingerprint density at radius 2 is 1.30 bits per heavy atom. The normalized spacial score (nSPS) is 15.5. The zero-order chi connectivity index (χ0) is 22.4. The highest BCUT2D eigenvalue weighted by molar-refractivity contribution is 7.89. The van der Waals surface area contributed by atoms with Gasteiger partial charge in [-0.1, -0.05) is 0 Å². The van der Waals surface area contributed by atoms with E-state index in [1.54, 1.807) is 0 Å². The Balaban J connectivity index is 1.80. The second kappa shape index (κ2) is 7.87. The SMILES string of the molecule is O=C(c1cc(F)c(F)c(F)c1F)N1CCN(S(=O)(=O)c2ccc(F)c(F)c2F)CC1. The van der Waals surface area contributed by atoms with Gasteiger partial charge in [-0.2, -0.15) is 4.31 Å². The van der Waals surface area contributed by atoms with E-state index in [0.29, 0.717) is 16.4 Å². The number of sulfonamides is 1. The standard InChI is InChI=1S/C17H11F7N2O3S/c18-9-1-2-11(15(23)13(9)21)30(28,29)26-5-3-25(4-6-26)17(27)8-7-10(19)14(22)16(24)12(8)20/h1-2,7H,3-6H2. The van der Waals surface area contributed by atoms with Gasteiger partial charge >= 0.3 is 0 Å². The minimum Gasteiger partial charge on any atom is -0.336 e. The van der Waals surface area contributed by atoms with Crippen molar-refractivity contribution in [3.63, 3.8) is 0 Å². The summed E-state index contributed by atoms with van der Waals surface area (Å²) in [6, 6.07) is 1.15. The van der Waals surface area contributed by atoms with E-state index in [0.717, 1.165) is 4.90 Å². The van der Waals surface area contributed by atoms with Crippen molar-refractivity contribution < 1.29 is 43.9 Å². The molecule has 1 aliphatic rings. The van der Waals surface area contributed by atoms with Crippen molar-refractivity contribution in [3.05, 3.63) is 64.5 Å². The fourth-order valence-electron chi connectivity index (χ4n) is 2.88. The Hall–Kier alpha value is -2.67. The maximum Gasteiger partial charge on any atom is 0.257 e. The van der Waals surface area contributed by atoms with Crippen LogP contribution in [0.2, 0.25) is 0 Å². The Bertz CT molecular complexity index is 1130. The van der Waals surface area contributed by atoms with Crippen molar-refractivity contribution in [1.82, 2.24) is 9.21 Å². The molecule has 1 amide bonds. The fourth-order valence-corrected chi connectivity index (χ4v) is 4.36. The summed E-state index contributed by atoms with van der Waals surface area (Å²) in [5.74, 6) is -14.6. The van der Waals surface area contributed by atoms with E-state index in [9.17, 15) is 43.9 Å². The van der Waals surface area contributed by atoms with Gasteiger partial charge in [-0.3, -0.25) is 4.79 Å². The summed E-state index contributed by atoms with van der Waals surface area (Å²) in [6.07, 6.45) is 0. The molecule has 1 saturated heterocycles. The van der Waals surface area contributed by atoms with E-state index in [-0.39, 0.29) is 6.07 Å². The van der Waals surface area contributed by atoms with Gasteiger partial charge in [-0.05, 0) is 18.2 Å². The Labute approximate surface area is 165 Å². The lowest BCUT2D eigenvalue weighted by molar-refractivity contribution is 0.0690. The average molecular weight is 456 g/mol. The van der Waals surface area contributed by atoms with Crippen molar-refractivity contribution in [2.75, 3.05) is 26.2 Å². The first kappa shape index (κ1) is 22.0. The summed E-state index contributed by atoms with van der Waals surface area (Å²) in [5.41, 5.74) is -1.09. The van der Waals surface area contributed by atoms with Crippen LogP contribution in [0.3, 0.4) is 0 Å². The third kappa shape index (κ3) is 3.62. The molecule has 0 spiro atoms. The number of hydrogen-bond donors (Lipinski definition) is 0. The van der Waals surface area contributed by atoms with E-state index in [2.05, 4.69) is 0 Å². The van der Waals surface area contributed by atoms with Gasteiger partial charge in [0.15, 0.2) is 40.7 Å². The molecule has 1 heterocycles. The lowest BCUT2D eigenvalue weighted by Crippen LogP contribution is -2.50. The van der Waals surface area contributed by atoms with Crippen LogP contribution in [0.5, 0.6) is 0 Å². The van der Waals surface area contributed by atoms with Crippen molar-refractivity contribution in [2.24, 2.45) is 0 Å². The molecule has 1 fully saturated rings. The summed E-state index contributed by atoms with van der Waals surface area (Å²) < 4.78 is 119. The Morgan fingerprint density at radius 1 is 0.733 bits per heavy atom. The van der Waals surface area contributed by atoms with Gasteiger partial charge < -0.3 is 4.90 Å². The minimum atomic E-state index is -4.60. The van der Waals surface area contributed by atoms with Gasteiger partial charge in [-0.25, -0.2) is 39.2 Å². The first-order valence-corrected chi connectivity index (χ1v) is 9.66. The van der Waals surface area contributed by atoms with Gasteiger partial charge in [0.1, 0.15) is 4.90 Å². The molecule has 0 N–H and O–H groups in total. The third-order valence-corrected chi connectivity index (χ3v) is 6.39. The number of piperazine rings is 1. The van der Waals surface area contributed by atoms with Crippen LogP contribution in [-0.4, -0.2) is 49.7 Å². The molecule has 3 rings (SSSR count). The molecule has 0 aromatic heterocycles. The molecule has 13 heteroatoms. The van der Waals surface area contributed by atoms with Crippen LogP contribution in [0.25, 0.3) is 0 Å². The molecule has 2 aromatic carbocycles. The number of hydrogen-bond acceptors (Lipinski definition) is 3. The number of halogens is 7. The van der Waals surface area contributed by atoms with Crippen LogP contribution in [0, 0.1) is 40.7 Å². The maximum atomic E-state index is 13.9. The van der Waals surface area contributed by atoms with Gasteiger partial charge in [0.2, 0.25) is 10.0 Å². The average Bonchev–Trinajstić information content (AvgIpc) is 2.72. The number of benzene rings is 2. The highest BCUT2D eigenvalue weighted by Crippen LogP contribution is 2.25. The number of amides is 1. The number of carbonyl (C=O) groups is 1. The molecule has 0 aliphatic carbocycles. The molecule has 0 saturated carbocycles. The molecular weight excluding hydrogens is 445 g/mol. The highest BCUT2D eigenvalue weighted by Gasteiger charge is 2.35. The highest BCUT2D eigenvalue weighted by atomic mass is 32.2. The van der Waals surface area contributed by atoms with Crippen LogP contribution in [0.1, 0.15) is 10.4 Å². The van der Waals surface area contributed by atoms with E-state index in [1.807, 2.05) is 0 Å². The van der Waals surface area contributed by atoms with Gasteiger partial charge in [0.25, 0.3) is 5.91 Å². The van der Waals surface area contributed by atoms with Crippen LogP contribution in [0.15, 0.2) is 23.1 Å². The second-order valence-corrected chi connectivity index (χ2v) is 8.12. The van der Waals surface area contributed by atoms with Crippen LogP contribution < -0.4 is 0 Å². The summed E-state index contributed by atoms with van der Waals surface area (Å²) in [5, 5.41) is 0. The summed E-state index contributed by atoms with van der Waals surface area (Å²) in [6.45, 7) is -1.71. The van der Waals surface area contributed by atoms with E-state index in [4.69, 9.17) is 0 Å². The van der Waals surface area contributed by atoms with E-state index >= 15 is 0 Å². The molecule has 0 atom stereocenters. The molecule has 2 aromatic rings. The van der Waals surface area contributed by atoms with E-state index in [1.165, 1.54) is 0 Å². The molecular formula is C17H11F7N2O3S.